The van der Waals surface area contributed by atoms with E-state index in [1.807, 2.05) is 6.07 Å². The zero-order chi connectivity index (χ0) is 15.7. The van der Waals surface area contributed by atoms with Crippen molar-refractivity contribution in [3.63, 3.8) is 0 Å². The maximum Gasteiger partial charge on any atom is 0.200 e. The Balaban J connectivity index is 2.53. The van der Waals surface area contributed by atoms with Crippen molar-refractivity contribution < 1.29 is 22.0 Å². The Morgan fingerprint density at radius 2 is 1.43 bits per heavy atom. The maximum absolute atomic E-state index is 13.5. The monoisotopic (exact) mass is 362 g/mol. The third kappa shape index (κ3) is 2.69. The van der Waals surface area contributed by atoms with Gasteiger partial charge in [0.05, 0.1) is 17.3 Å². The number of nitrogens with one attached hydrogen (secondary N) is 1. The molecule has 2 rings (SSSR count). The van der Waals surface area contributed by atoms with Crippen LogP contribution in [0.3, 0.4) is 0 Å². The van der Waals surface area contributed by atoms with E-state index in [-0.39, 0.29) is 15.7 Å². The fraction of sp³-hybridized carbons (Fsp3) is 0. The summed E-state index contributed by atoms with van der Waals surface area (Å²) in [5, 5.41) is 10.8. The Hall–Kier alpha value is -2.14. The van der Waals surface area contributed by atoms with E-state index in [4.69, 9.17) is 5.26 Å². The lowest BCUT2D eigenvalue weighted by Crippen LogP contribution is -2.07. The van der Waals surface area contributed by atoms with Crippen LogP contribution in [0, 0.1) is 40.4 Å². The number of hydrogen-bond donors (Lipinski definition) is 1. The molecule has 0 spiro atoms. The minimum Gasteiger partial charge on any atom is -0.350 e. The Labute approximate surface area is 123 Å². The molecule has 2 nitrogen and oxygen atoms in total. The first-order valence-electron chi connectivity index (χ1n) is 5.35. The van der Waals surface area contributed by atoms with Gasteiger partial charge < -0.3 is 5.32 Å². The van der Waals surface area contributed by atoms with Gasteiger partial charge in [0.15, 0.2) is 23.3 Å². The van der Waals surface area contributed by atoms with E-state index in [2.05, 4.69) is 21.2 Å². The molecule has 2 aromatic carbocycles. The summed E-state index contributed by atoms with van der Waals surface area (Å²) in [6.07, 6.45) is 0. The molecule has 1 N–H and O–H groups in total. The number of nitriles is 1. The van der Waals surface area contributed by atoms with Crippen LogP contribution in [0.4, 0.5) is 33.3 Å². The van der Waals surface area contributed by atoms with Crippen LogP contribution in [-0.4, -0.2) is 0 Å². The summed E-state index contributed by atoms with van der Waals surface area (Å²) < 4.78 is 66.3. The second kappa shape index (κ2) is 5.69. The maximum atomic E-state index is 13.5. The molecule has 108 valence electrons. The fourth-order valence-corrected chi connectivity index (χ4v) is 2.01. The molecule has 0 aliphatic heterocycles. The highest BCUT2D eigenvalue weighted by Gasteiger charge is 2.26. The van der Waals surface area contributed by atoms with Crippen molar-refractivity contribution >= 4 is 27.3 Å². The van der Waals surface area contributed by atoms with Crippen LogP contribution >= 0.6 is 15.9 Å². The molecule has 0 amide bonds. The molecular weight excluding hydrogens is 359 g/mol. The molecule has 0 bridgehead atoms. The Morgan fingerprint density at radius 1 is 0.905 bits per heavy atom. The Kier molecular flexibility index (Phi) is 4.14. The summed E-state index contributed by atoms with van der Waals surface area (Å²) in [7, 11) is 0. The third-order valence-corrected chi connectivity index (χ3v) is 3.22. The van der Waals surface area contributed by atoms with E-state index >= 15 is 0 Å². The van der Waals surface area contributed by atoms with Gasteiger partial charge in [-0.25, -0.2) is 22.0 Å². The quantitative estimate of drug-likeness (QED) is 0.475. The van der Waals surface area contributed by atoms with Gasteiger partial charge in [-0.2, -0.15) is 5.26 Å². The number of benzene rings is 2. The molecule has 8 heteroatoms. The first kappa shape index (κ1) is 15.3. The van der Waals surface area contributed by atoms with Crippen molar-refractivity contribution in [3.8, 4) is 6.07 Å². The summed E-state index contributed by atoms with van der Waals surface area (Å²) in [4.78, 5) is 0. The molecule has 0 atom stereocenters. The van der Waals surface area contributed by atoms with Crippen molar-refractivity contribution in [1.82, 2.24) is 0 Å². The van der Waals surface area contributed by atoms with Crippen LogP contribution < -0.4 is 5.32 Å². The minimum atomic E-state index is -2.23. The highest BCUT2D eigenvalue weighted by molar-refractivity contribution is 9.10. The predicted molar refractivity (Wildman–Crippen MR) is 68.4 cm³/mol. The van der Waals surface area contributed by atoms with Crippen molar-refractivity contribution in [3.05, 3.63) is 57.3 Å². The summed E-state index contributed by atoms with van der Waals surface area (Å²) in [5.41, 5.74) is -0.876. The molecule has 2 aromatic rings. The molecule has 0 unspecified atom stereocenters. The second-order valence-electron chi connectivity index (χ2n) is 3.88. The lowest BCUT2D eigenvalue weighted by molar-refractivity contribution is 0.382. The summed E-state index contributed by atoms with van der Waals surface area (Å²) in [5.74, 6) is -10.2. The molecular formula is C13H4BrF5N2. The largest absolute Gasteiger partial charge is 0.350 e. The first-order chi connectivity index (χ1) is 9.86. The van der Waals surface area contributed by atoms with Crippen molar-refractivity contribution in [2.24, 2.45) is 0 Å². The van der Waals surface area contributed by atoms with Gasteiger partial charge in [0.2, 0.25) is 5.82 Å². The highest BCUT2D eigenvalue weighted by Crippen LogP contribution is 2.32. The molecule has 0 heterocycles. The van der Waals surface area contributed by atoms with Crippen LogP contribution in [0.1, 0.15) is 5.56 Å². The third-order valence-electron chi connectivity index (χ3n) is 2.57. The standard InChI is InChI=1S/C13H4BrF5N2/c14-6-3-5(4-20)1-2-7(6)21-13-11(18)9(16)8(15)10(17)12(13)19/h1-3,21H. The average Bonchev–Trinajstić information content (AvgIpc) is 2.48. The fourth-order valence-electron chi connectivity index (χ4n) is 1.54. The number of hydrogen-bond acceptors (Lipinski definition) is 2. The normalized spacial score (nSPS) is 10.3. The second-order valence-corrected chi connectivity index (χ2v) is 4.73. The van der Waals surface area contributed by atoms with Gasteiger partial charge >= 0.3 is 0 Å². The van der Waals surface area contributed by atoms with E-state index in [1.54, 1.807) is 0 Å². The molecule has 0 fully saturated rings. The SMILES string of the molecule is N#Cc1ccc(Nc2c(F)c(F)c(F)c(F)c2F)c(Br)c1. The van der Waals surface area contributed by atoms with E-state index < -0.39 is 34.8 Å². The smallest absolute Gasteiger partial charge is 0.200 e. The number of nitrogens with zero attached hydrogens (tertiary/aromatic N) is 1. The minimum absolute atomic E-state index is 0.0391. The molecule has 0 aliphatic rings. The molecule has 0 saturated heterocycles. The number of anilines is 2. The lowest BCUT2D eigenvalue weighted by atomic mass is 10.2. The number of rotatable bonds is 2. The zero-order valence-corrected chi connectivity index (χ0v) is 11.5. The van der Waals surface area contributed by atoms with Crippen LogP contribution in [0.15, 0.2) is 22.7 Å². The van der Waals surface area contributed by atoms with Crippen molar-refractivity contribution in [2.45, 2.75) is 0 Å². The van der Waals surface area contributed by atoms with Gasteiger partial charge in [0.1, 0.15) is 5.69 Å². The van der Waals surface area contributed by atoms with Crippen LogP contribution in [-0.2, 0) is 0 Å². The van der Waals surface area contributed by atoms with Gasteiger partial charge in [-0.05, 0) is 34.1 Å². The summed E-state index contributed by atoms with van der Waals surface area (Å²) in [6, 6.07) is 5.74. The average molecular weight is 363 g/mol. The van der Waals surface area contributed by atoms with Crippen LogP contribution in [0.25, 0.3) is 0 Å². The molecule has 0 saturated carbocycles. The Morgan fingerprint density at radius 3 is 1.90 bits per heavy atom. The van der Waals surface area contributed by atoms with E-state index in [1.165, 1.54) is 18.2 Å². The number of halogens is 6. The zero-order valence-electron chi connectivity index (χ0n) is 9.95. The van der Waals surface area contributed by atoms with Gasteiger partial charge in [-0.1, -0.05) is 0 Å². The van der Waals surface area contributed by atoms with Crippen LogP contribution in [0.2, 0.25) is 0 Å². The summed E-state index contributed by atoms with van der Waals surface area (Å²) >= 11 is 3.03. The lowest BCUT2D eigenvalue weighted by Gasteiger charge is -2.12. The molecule has 21 heavy (non-hydrogen) atoms. The molecule has 0 radical (unpaired) electrons. The first-order valence-corrected chi connectivity index (χ1v) is 6.14. The predicted octanol–water partition coefficient (Wildman–Crippen LogP) is 4.76. The topological polar surface area (TPSA) is 35.8 Å². The van der Waals surface area contributed by atoms with Gasteiger partial charge in [0.25, 0.3) is 0 Å². The molecule has 0 aliphatic carbocycles. The van der Waals surface area contributed by atoms with Gasteiger partial charge in [-0.3, -0.25) is 0 Å². The Bertz CT molecular complexity index is 741. The molecule has 0 aromatic heterocycles. The van der Waals surface area contributed by atoms with E-state index in [9.17, 15) is 22.0 Å². The van der Waals surface area contributed by atoms with Crippen molar-refractivity contribution in [1.29, 1.82) is 5.26 Å². The summed E-state index contributed by atoms with van der Waals surface area (Å²) in [6.45, 7) is 0. The van der Waals surface area contributed by atoms with Crippen LogP contribution in [0.5, 0.6) is 0 Å². The van der Waals surface area contributed by atoms with E-state index in [0.717, 1.165) is 0 Å². The van der Waals surface area contributed by atoms with Gasteiger partial charge in [0, 0.05) is 4.47 Å². The van der Waals surface area contributed by atoms with Gasteiger partial charge in [-0.15, -0.1) is 0 Å². The van der Waals surface area contributed by atoms with Crippen molar-refractivity contribution in [2.75, 3.05) is 5.32 Å². The van der Waals surface area contributed by atoms with E-state index in [0.29, 0.717) is 0 Å². The highest BCUT2D eigenvalue weighted by atomic mass is 79.9.